The standard InChI is InChI=1S/C21H28N4S/c1-5-16(2)25-15-19(10-13-23-26-24(3)4)20-7-6-18(14-21(20)25)17-8-11-22-12-9-17/h6-9,11-12,14-16,23H,5,10,13H2,1-4H3. The van der Waals surface area contributed by atoms with Gasteiger partial charge in [-0.1, -0.05) is 19.1 Å². The first kappa shape index (κ1) is 19.0. The molecule has 0 spiro atoms. The van der Waals surface area contributed by atoms with Crippen LogP contribution in [-0.2, 0) is 6.42 Å². The molecule has 3 rings (SSSR count). The molecule has 0 radical (unpaired) electrons. The molecule has 1 aromatic carbocycles. The molecule has 2 heterocycles. The molecule has 0 saturated heterocycles. The van der Waals surface area contributed by atoms with Crippen molar-refractivity contribution < 1.29 is 0 Å². The molecule has 0 amide bonds. The number of nitrogens with one attached hydrogen (secondary N) is 1. The van der Waals surface area contributed by atoms with Gasteiger partial charge < -0.3 is 4.57 Å². The van der Waals surface area contributed by atoms with Gasteiger partial charge >= 0.3 is 0 Å². The summed E-state index contributed by atoms with van der Waals surface area (Å²) in [6.07, 6.45) is 8.20. The Labute approximate surface area is 160 Å². The molecule has 0 bridgehead atoms. The Hall–Kier alpha value is -1.82. The summed E-state index contributed by atoms with van der Waals surface area (Å²) in [5, 5.41) is 1.36. The van der Waals surface area contributed by atoms with Crippen molar-refractivity contribution in [2.24, 2.45) is 0 Å². The SMILES string of the molecule is CCC(C)n1cc(CCNSN(C)C)c2ccc(-c3ccncc3)cc21. The number of hydrogen-bond acceptors (Lipinski definition) is 4. The molecule has 3 aromatic rings. The summed E-state index contributed by atoms with van der Waals surface area (Å²) in [6, 6.07) is 11.5. The Morgan fingerprint density at radius 1 is 1.15 bits per heavy atom. The molecule has 1 unspecified atom stereocenters. The average molecular weight is 369 g/mol. The first-order valence-corrected chi connectivity index (χ1v) is 9.98. The first-order chi connectivity index (χ1) is 12.6. The number of benzene rings is 1. The van der Waals surface area contributed by atoms with Crippen LogP contribution in [0.15, 0.2) is 48.9 Å². The molecule has 5 heteroatoms. The van der Waals surface area contributed by atoms with Gasteiger partial charge in [0, 0.05) is 54.2 Å². The van der Waals surface area contributed by atoms with Crippen LogP contribution in [0.1, 0.15) is 31.9 Å². The minimum atomic E-state index is 0.489. The molecule has 26 heavy (non-hydrogen) atoms. The molecule has 1 atom stereocenters. The van der Waals surface area contributed by atoms with Crippen LogP contribution in [0.3, 0.4) is 0 Å². The Morgan fingerprint density at radius 2 is 1.92 bits per heavy atom. The largest absolute Gasteiger partial charge is 0.344 e. The van der Waals surface area contributed by atoms with Crippen LogP contribution in [0.2, 0.25) is 0 Å². The molecule has 4 nitrogen and oxygen atoms in total. The second-order valence-corrected chi connectivity index (χ2v) is 8.04. The fourth-order valence-corrected chi connectivity index (χ4v) is 3.62. The van der Waals surface area contributed by atoms with Gasteiger partial charge in [-0.3, -0.25) is 9.71 Å². The van der Waals surface area contributed by atoms with E-state index in [1.807, 2.05) is 26.5 Å². The summed E-state index contributed by atoms with van der Waals surface area (Å²) in [6.45, 7) is 5.50. The lowest BCUT2D eigenvalue weighted by atomic mass is 10.0. The zero-order chi connectivity index (χ0) is 18.5. The second kappa shape index (κ2) is 8.71. The topological polar surface area (TPSA) is 33.1 Å². The number of pyridine rings is 1. The zero-order valence-electron chi connectivity index (χ0n) is 16.1. The fraction of sp³-hybridized carbons (Fsp3) is 0.381. The quantitative estimate of drug-likeness (QED) is 0.451. The third-order valence-corrected chi connectivity index (χ3v) is 5.44. The van der Waals surface area contributed by atoms with E-state index in [9.17, 15) is 0 Å². The lowest BCUT2D eigenvalue weighted by Gasteiger charge is -2.13. The van der Waals surface area contributed by atoms with Crippen molar-refractivity contribution in [1.29, 1.82) is 0 Å². The van der Waals surface area contributed by atoms with Gasteiger partial charge in [0.1, 0.15) is 0 Å². The van der Waals surface area contributed by atoms with Crippen molar-refractivity contribution in [3.05, 3.63) is 54.5 Å². The van der Waals surface area contributed by atoms with Crippen LogP contribution < -0.4 is 4.72 Å². The van der Waals surface area contributed by atoms with Crippen molar-refractivity contribution in [1.82, 2.24) is 18.6 Å². The van der Waals surface area contributed by atoms with Gasteiger partial charge in [0.25, 0.3) is 0 Å². The number of aromatic nitrogens is 2. The first-order valence-electron chi connectivity index (χ1n) is 9.21. The van der Waals surface area contributed by atoms with Crippen LogP contribution in [0.5, 0.6) is 0 Å². The number of nitrogens with zero attached hydrogens (tertiary/aromatic N) is 3. The van der Waals surface area contributed by atoms with E-state index in [1.165, 1.54) is 27.6 Å². The normalized spacial score (nSPS) is 12.8. The highest BCUT2D eigenvalue weighted by Gasteiger charge is 2.13. The average Bonchev–Trinajstić information content (AvgIpc) is 3.03. The van der Waals surface area contributed by atoms with Gasteiger partial charge in [0.05, 0.1) is 0 Å². The van der Waals surface area contributed by atoms with Crippen molar-refractivity contribution in [2.75, 3.05) is 20.6 Å². The van der Waals surface area contributed by atoms with Gasteiger partial charge in [0.15, 0.2) is 0 Å². The Bertz CT molecular complexity index is 842. The minimum Gasteiger partial charge on any atom is -0.344 e. The van der Waals surface area contributed by atoms with Gasteiger partial charge in [-0.2, -0.15) is 0 Å². The zero-order valence-corrected chi connectivity index (χ0v) is 16.9. The van der Waals surface area contributed by atoms with E-state index in [1.54, 1.807) is 12.1 Å². The molecule has 0 aliphatic rings. The van der Waals surface area contributed by atoms with E-state index >= 15 is 0 Å². The van der Waals surface area contributed by atoms with E-state index in [0.29, 0.717) is 6.04 Å². The van der Waals surface area contributed by atoms with E-state index in [0.717, 1.165) is 19.4 Å². The van der Waals surface area contributed by atoms with Crippen LogP contribution in [0, 0.1) is 0 Å². The van der Waals surface area contributed by atoms with Gasteiger partial charge in [-0.25, -0.2) is 4.31 Å². The smallest absolute Gasteiger partial charge is 0.0491 e. The van der Waals surface area contributed by atoms with Crippen LogP contribution in [-0.4, -0.2) is 34.5 Å². The third-order valence-electron chi connectivity index (χ3n) is 4.74. The highest BCUT2D eigenvalue weighted by molar-refractivity contribution is 7.95. The van der Waals surface area contributed by atoms with Crippen LogP contribution >= 0.6 is 12.1 Å². The predicted octanol–water partition coefficient (Wildman–Crippen LogP) is 4.93. The van der Waals surface area contributed by atoms with E-state index in [2.05, 4.69) is 69.0 Å². The molecule has 0 fully saturated rings. The highest BCUT2D eigenvalue weighted by atomic mass is 32.2. The van der Waals surface area contributed by atoms with E-state index in [-0.39, 0.29) is 0 Å². The Kier molecular flexibility index (Phi) is 6.35. The van der Waals surface area contributed by atoms with Crippen LogP contribution in [0.25, 0.3) is 22.0 Å². The molecule has 2 aromatic heterocycles. The monoisotopic (exact) mass is 368 g/mol. The summed E-state index contributed by atoms with van der Waals surface area (Å²) >= 11 is 1.64. The Morgan fingerprint density at radius 3 is 2.62 bits per heavy atom. The second-order valence-electron chi connectivity index (χ2n) is 6.83. The number of rotatable bonds is 8. The molecule has 0 saturated carbocycles. The van der Waals surface area contributed by atoms with Crippen molar-refractivity contribution in [3.63, 3.8) is 0 Å². The van der Waals surface area contributed by atoms with Gasteiger partial charge in [0.2, 0.25) is 0 Å². The molecule has 1 N–H and O–H groups in total. The lowest BCUT2D eigenvalue weighted by Crippen LogP contribution is -2.15. The Balaban J connectivity index is 1.94. The minimum absolute atomic E-state index is 0.489. The maximum Gasteiger partial charge on any atom is 0.0491 e. The van der Waals surface area contributed by atoms with Gasteiger partial charge in [-0.05, 0) is 68.8 Å². The predicted molar refractivity (Wildman–Crippen MR) is 113 cm³/mol. The molecule has 0 aliphatic carbocycles. The highest BCUT2D eigenvalue weighted by Crippen LogP contribution is 2.30. The van der Waals surface area contributed by atoms with Crippen molar-refractivity contribution >= 4 is 23.0 Å². The lowest BCUT2D eigenvalue weighted by molar-refractivity contribution is 0.547. The van der Waals surface area contributed by atoms with Gasteiger partial charge in [-0.15, -0.1) is 0 Å². The summed E-state index contributed by atoms with van der Waals surface area (Å²) in [7, 11) is 4.10. The molecule has 0 aliphatic heterocycles. The third kappa shape index (κ3) is 4.29. The number of hydrogen-bond donors (Lipinski definition) is 1. The summed E-state index contributed by atoms with van der Waals surface area (Å²) < 4.78 is 7.93. The maximum absolute atomic E-state index is 4.13. The summed E-state index contributed by atoms with van der Waals surface area (Å²) in [5.41, 5.74) is 5.19. The summed E-state index contributed by atoms with van der Waals surface area (Å²) in [5.74, 6) is 0. The van der Waals surface area contributed by atoms with Crippen LogP contribution in [0.4, 0.5) is 0 Å². The van der Waals surface area contributed by atoms with Crippen molar-refractivity contribution in [2.45, 2.75) is 32.7 Å². The summed E-state index contributed by atoms with van der Waals surface area (Å²) in [4.78, 5) is 4.13. The van der Waals surface area contributed by atoms with E-state index in [4.69, 9.17) is 0 Å². The number of fused-ring (bicyclic) bond motifs is 1. The van der Waals surface area contributed by atoms with E-state index < -0.39 is 0 Å². The molecule has 138 valence electrons. The molecular formula is C21H28N4S. The van der Waals surface area contributed by atoms with Crippen molar-refractivity contribution in [3.8, 4) is 11.1 Å². The fourth-order valence-electron chi connectivity index (χ4n) is 3.17. The molecular weight excluding hydrogens is 340 g/mol. The maximum atomic E-state index is 4.13.